The Morgan fingerprint density at radius 1 is 0.968 bits per heavy atom. The van der Waals surface area contributed by atoms with Gasteiger partial charge in [-0.25, -0.2) is 0 Å². The maximum Gasteiger partial charge on any atom is 0.261 e. The molecule has 1 aliphatic rings. The summed E-state index contributed by atoms with van der Waals surface area (Å²) in [6, 6.07) is 17.0. The molecule has 2 aromatic carbocycles. The van der Waals surface area contributed by atoms with E-state index in [1.54, 1.807) is 31.3 Å². The van der Waals surface area contributed by atoms with Crippen LogP contribution < -0.4 is 10.6 Å². The standard InChI is InChI=1S/C23H28N4O3.HI/c1-17(18-9-4-3-5-10-18)30-16-8-13-25-23(24-2)26-14-15-27-21(28)19-11-6-7-12-20(19)22(27)29;/h3-7,9-12,17H,8,13-16H2,1-2H3,(H2,24,25,26);1H. The average molecular weight is 536 g/mol. The van der Waals surface area contributed by atoms with Gasteiger partial charge in [-0.15, -0.1) is 24.0 Å². The van der Waals surface area contributed by atoms with E-state index in [4.69, 9.17) is 4.74 Å². The van der Waals surface area contributed by atoms with E-state index in [-0.39, 0.29) is 48.4 Å². The van der Waals surface area contributed by atoms with Crippen molar-refractivity contribution < 1.29 is 14.3 Å². The van der Waals surface area contributed by atoms with Gasteiger partial charge in [0, 0.05) is 33.3 Å². The second-order valence-electron chi connectivity index (χ2n) is 7.01. The number of rotatable bonds is 9. The average Bonchev–Trinajstić information content (AvgIpc) is 3.03. The fraction of sp³-hybridized carbons (Fsp3) is 0.348. The van der Waals surface area contributed by atoms with E-state index >= 15 is 0 Å². The van der Waals surface area contributed by atoms with Crippen molar-refractivity contribution in [2.45, 2.75) is 19.4 Å². The molecule has 3 rings (SSSR count). The number of carbonyl (C=O) groups excluding carboxylic acids is 2. The first-order valence-electron chi connectivity index (χ1n) is 10.2. The van der Waals surface area contributed by atoms with E-state index in [1.807, 2.05) is 25.1 Å². The number of aliphatic imine (C=N–C) groups is 1. The van der Waals surface area contributed by atoms with Crippen LogP contribution in [0.15, 0.2) is 59.6 Å². The molecule has 0 spiro atoms. The lowest BCUT2D eigenvalue weighted by Crippen LogP contribution is -2.43. The summed E-state index contributed by atoms with van der Waals surface area (Å²) in [6.45, 7) is 4.09. The monoisotopic (exact) mass is 536 g/mol. The zero-order valence-corrected chi connectivity index (χ0v) is 20.2. The number of carbonyl (C=O) groups is 2. The summed E-state index contributed by atoms with van der Waals surface area (Å²) in [5.41, 5.74) is 2.10. The Labute approximate surface area is 200 Å². The van der Waals surface area contributed by atoms with Crippen LogP contribution in [0.2, 0.25) is 0 Å². The molecule has 0 aliphatic carbocycles. The number of amides is 2. The molecule has 0 fully saturated rings. The van der Waals surface area contributed by atoms with Gasteiger partial charge in [0.25, 0.3) is 11.8 Å². The minimum absolute atomic E-state index is 0. The smallest absolute Gasteiger partial charge is 0.261 e. The molecule has 31 heavy (non-hydrogen) atoms. The van der Waals surface area contributed by atoms with Crippen LogP contribution >= 0.6 is 24.0 Å². The molecule has 2 amide bonds. The van der Waals surface area contributed by atoms with E-state index < -0.39 is 0 Å². The van der Waals surface area contributed by atoms with Gasteiger partial charge in [0.05, 0.1) is 17.2 Å². The summed E-state index contributed by atoms with van der Waals surface area (Å²) in [5, 5.41) is 6.36. The first-order valence-corrected chi connectivity index (χ1v) is 10.2. The molecular weight excluding hydrogens is 507 g/mol. The summed E-state index contributed by atoms with van der Waals surface area (Å²) in [7, 11) is 1.69. The molecule has 1 atom stereocenters. The van der Waals surface area contributed by atoms with Crippen molar-refractivity contribution >= 4 is 41.8 Å². The fourth-order valence-corrected chi connectivity index (χ4v) is 3.31. The van der Waals surface area contributed by atoms with E-state index in [0.29, 0.717) is 36.8 Å². The van der Waals surface area contributed by atoms with Crippen LogP contribution in [0.3, 0.4) is 0 Å². The Kier molecular flexibility index (Phi) is 9.93. The lowest BCUT2D eigenvalue weighted by atomic mass is 10.1. The molecule has 0 aromatic heterocycles. The molecule has 0 saturated heterocycles. The van der Waals surface area contributed by atoms with Crippen LogP contribution in [0, 0.1) is 0 Å². The van der Waals surface area contributed by atoms with Gasteiger partial charge < -0.3 is 15.4 Å². The predicted octanol–water partition coefficient (Wildman–Crippen LogP) is 3.23. The van der Waals surface area contributed by atoms with Crippen LogP contribution in [0.1, 0.15) is 45.7 Å². The zero-order valence-electron chi connectivity index (χ0n) is 17.8. The number of nitrogens with zero attached hydrogens (tertiary/aromatic N) is 2. The Hall–Kier alpha value is -2.46. The minimum atomic E-state index is -0.245. The van der Waals surface area contributed by atoms with Gasteiger partial charge in [0.2, 0.25) is 0 Å². The normalized spacial score (nSPS) is 14.1. The van der Waals surface area contributed by atoms with Crippen molar-refractivity contribution in [3.63, 3.8) is 0 Å². The number of fused-ring (bicyclic) bond motifs is 1. The van der Waals surface area contributed by atoms with Crippen LogP contribution in [0.4, 0.5) is 0 Å². The number of benzene rings is 2. The van der Waals surface area contributed by atoms with Crippen molar-refractivity contribution in [2.24, 2.45) is 4.99 Å². The molecule has 2 N–H and O–H groups in total. The number of ether oxygens (including phenoxy) is 1. The van der Waals surface area contributed by atoms with E-state index in [0.717, 1.165) is 12.0 Å². The highest BCUT2D eigenvalue weighted by Gasteiger charge is 2.34. The molecule has 0 saturated carbocycles. The predicted molar refractivity (Wildman–Crippen MR) is 132 cm³/mol. The molecule has 166 valence electrons. The highest BCUT2D eigenvalue weighted by atomic mass is 127. The molecule has 8 heteroatoms. The van der Waals surface area contributed by atoms with Crippen molar-refractivity contribution in [3.8, 4) is 0 Å². The van der Waals surface area contributed by atoms with Crippen LogP contribution in [-0.2, 0) is 4.74 Å². The summed E-state index contributed by atoms with van der Waals surface area (Å²) >= 11 is 0. The number of imide groups is 1. The van der Waals surface area contributed by atoms with Crippen LogP contribution in [0.25, 0.3) is 0 Å². The number of nitrogens with one attached hydrogen (secondary N) is 2. The number of hydrogen-bond donors (Lipinski definition) is 2. The topological polar surface area (TPSA) is 83.0 Å². The second kappa shape index (κ2) is 12.4. The van der Waals surface area contributed by atoms with Gasteiger partial charge in [-0.05, 0) is 31.0 Å². The summed E-state index contributed by atoms with van der Waals surface area (Å²) < 4.78 is 5.86. The zero-order chi connectivity index (χ0) is 21.3. The van der Waals surface area contributed by atoms with Crippen molar-refractivity contribution in [3.05, 3.63) is 71.3 Å². The highest BCUT2D eigenvalue weighted by molar-refractivity contribution is 14.0. The van der Waals surface area contributed by atoms with Crippen LogP contribution in [-0.4, -0.2) is 56.0 Å². The quantitative estimate of drug-likeness (QED) is 0.169. The maximum absolute atomic E-state index is 12.4. The molecule has 7 nitrogen and oxygen atoms in total. The molecule has 2 aromatic rings. The van der Waals surface area contributed by atoms with E-state index in [2.05, 4.69) is 27.8 Å². The Morgan fingerprint density at radius 3 is 2.16 bits per heavy atom. The second-order valence-corrected chi connectivity index (χ2v) is 7.01. The largest absolute Gasteiger partial charge is 0.374 e. The Morgan fingerprint density at radius 2 is 1.55 bits per heavy atom. The molecular formula is C23H29IN4O3. The third-order valence-corrected chi connectivity index (χ3v) is 4.98. The van der Waals surface area contributed by atoms with Crippen molar-refractivity contribution in [1.29, 1.82) is 0 Å². The van der Waals surface area contributed by atoms with Gasteiger partial charge >= 0.3 is 0 Å². The SMILES string of the molecule is CN=C(NCCCOC(C)c1ccccc1)NCCN1C(=O)c2ccccc2C1=O.I. The number of hydrogen-bond acceptors (Lipinski definition) is 4. The van der Waals surface area contributed by atoms with Gasteiger partial charge in [0.15, 0.2) is 5.96 Å². The van der Waals surface area contributed by atoms with Gasteiger partial charge in [-0.2, -0.15) is 0 Å². The van der Waals surface area contributed by atoms with Gasteiger partial charge in [0.1, 0.15) is 0 Å². The number of halogens is 1. The lowest BCUT2D eigenvalue weighted by Gasteiger charge is -2.17. The number of guanidine groups is 1. The third-order valence-electron chi connectivity index (χ3n) is 4.98. The van der Waals surface area contributed by atoms with Crippen LogP contribution in [0.5, 0.6) is 0 Å². The highest BCUT2D eigenvalue weighted by Crippen LogP contribution is 2.21. The van der Waals surface area contributed by atoms with E-state index in [9.17, 15) is 9.59 Å². The Bertz CT molecular complexity index is 870. The maximum atomic E-state index is 12.4. The first-order chi connectivity index (χ1) is 14.6. The Balaban J connectivity index is 0.00000341. The third kappa shape index (κ3) is 6.51. The minimum Gasteiger partial charge on any atom is -0.374 e. The lowest BCUT2D eigenvalue weighted by molar-refractivity contribution is 0.0643. The summed E-state index contributed by atoms with van der Waals surface area (Å²) in [4.78, 5) is 30.2. The van der Waals surface area contributed by atoms with E-state index in [1.165, 1.54) is 4.90 Å². The van der Waals surface area contributed by atoms with Gasteiger partial charge in [-0.1, -0.05) is 42.5 Å². The van der Waals surface area contributed by atoms with Crippen molar-refractivity contribution in [1.82, 2.24) is 15.5 Å². The van der Waals surface area contributed by atoms with Crippen molar-refractivity contribution in [2.75, 3.05) is 33.3 Å². The first kappa shape index (κ1) is 24.8. The summed E-state index contributed by atoms with van der Waals surface area (Å²) in [6.07, 6.45) is 0.888. The molecule has 1 aliphatic heterocycles. The molecule has 0 bridgehead atoms. The molecule has 1 unspecified atom stereocenters. The molecule has 0 radical (unpaired) electrons. The molecule has 1 heterocycles. The van der Waals surface area contributed by atoms with Gasteiger partial charge in [-0.3, -0.25) is 19.5 Å². The fourth-order valence-electron chi connectivity index (χ4n) is 3.31. The summed E-state index contributed by atoms with van der Waals surface area (Å²) in [5.74, 6) is 0.137.